The summed E-state index contributed by atoms with van der Waals surface area (Å²) in [5.41, 5.74) is 3.46. The molecule has 0 saturated carbocycles. The number of nitrogens with zero attached hydrogens (tertiary/aromatic N) is 5. The highest BCUT2D eigenvalue weighted by molar-refractivity contribution is 9.10. The lowest BCUT2D eigenvalue weighted by molar-refractivity contribution is 0.0662. The first-order valence-electron chi connectivity index (χ1n) is 11.1. The average Bonchev–Trinajstić information content (AvgIpc) is 3.41. The minimum atomic E-state index is -0.419. The molecular formula is C27H18BrN5O2S. The molecular weight excluding hydrogens is 538 g/mol. The topological polar surface area (TPSA) is 98.8 Å². The standard InChI is InChI=1S/C27H18BrN5O2S/c1-2-33-26(34)19-14-18(15-29)23(22(28)21(19)27(33)35)31-32-25-24(17-11-7-4-8-12-17)30-20(36-25)13-16-9-5-3-6-10-16/h3-12,14H,2,13H2,1H3. The molecule has 0 bridgehead atoms. The number of hydrogen-bond acceptors (Lipinski definition) is 7. The van der Waals surface area contributed by atoms with E-state index in [0.29, 0.717) is 17.1 Å². The van der Waals surface area contributed by atoms with E-state index in [2.05, 4.69) is 32.2 Å². The van der Waals surface area contributed by atoms with Crippen LogP contribution >= 0.6 is 27.3 Å². The summed E-state index contributed by atoms with van der Waals surface area (Å²) in [4.78, 5) is 31.4. The molecule has 4 aromatic rings. The summed E-state index contributed by atoms with van der Waals surface area (Å²) in [5, 5.41) is 20.1. The van der Waals surface area contributed by atoms with Crippen LogP contribution in [-0.2, 0) is 6.42 Å². The molecule has 0 saturated heterocycles. The second-order valence-electron chi connectivity index (χ2n) is 7.97. The van der Waals surface area contributed by atoms with Crippen molar-refractivity contribution in [1.29, 1.82) is 5.26 Å². The quantitative estimate of drug-likeness (QED) is 0.187. The van der Waals surface area contributed by atoms with Gasteiger partial charge in [0, 0.05) is 18.5 Å². The van der Waals surface area contributed by atoms with Gasteiger partial charge in [0.15, 0.2) is 5.00 Å². The number of imide groups is 1. The third kappa shape index (κ3) is 4.26. The van der Waals surface area contributed by atoms with Crippen LogP contribution in [0.5, 0.6) is 0 Å². The molecule has 0 fully saturated rings. The van der Waals surface area contributed by atoms with Gasteiger partial charge in [0.2, 0.25) is 0 Å². The summed E-state index contributed by atoms with van der Waals surface area (Å²) in [6.07, 6.45) is 0.649. The molecule has 0 unspecified atom stereocenters. The van der Waals surface area contributed by atoms with Gasteiger partial charge in [-0.2, -0.15) is 5.26 Å². The molecule has 9 heteroatoms. The van der Waals surface area contributed by atoms with E-state index in [1.54, 1.807) is 6.92 Å². The van der Waals surface area contributed by atoms with Gasteiger partial charge in [0.25, 0.3) is 11.8 Å². The Morgan fingerprint density at radius 1 is 1.03 bits per heavy atom. The van der Waals surface area contributed by atoms with E-state index >= 15 is 0 Å². The number of carbonyl (C=O) groups is 2. The zero-order chi connectivity index (χ0) is 25.2. The zero-order valence-corrected chi connectivity index (χ0v) is 21.5. The minimum Gasteiger partial charge on any atom is -0.275 e. The number of thiazole rings is 1. The van der Waals surface area contributed by atoms with E-state index in [0.717, 1.165) is 21.0 Å². The molecule has 2 amide bonds. The smallest absolute Gasteiger partial charge is 0.262 e. The van der Waals surface area contributed by atoms with Crippen molar-refractivity contribution in [3.8, 4) is 17.3 Å². The summed E-state index contributed by atoms with van der Waals surface area (Å²) in [6.45, 7) is 1.96. The highest BCUT2D eigenvalue weighted by Crippen LogP contribution is 2.42. The van der Waals surface area contributed by atoms with Crippen molar-refractivity contribution in [3.63, 3.8) is 0 Å². The highest BCUT2D eigenvalue weighted by Gasteiger charge is 2.38. The Labute approximate surface area is 219 Å². The molecule has 36 heavy (non-hydrogen) atoms. The molecule has 0 N–H and O–H groups in total. The Kier molecular flexibility index (Phi) is 6.55. The lowest BCUT2D eigenvalue weighted by Crippen LogP contribution is -2.29. The molecule has 7 nitrogen and oxygen atoms in total. The minimum absolute atomic E-state index is 0.152. The number of rotatable bonds is 6. The number of nitriles is 1. The van der Waals surface area contributed by atoms with Gasteiger partial charge in [-0.1, -0.05) is 72.0 Å². The Morgan fingerprint density at radius 2 is 1.72 bits per heavy atom. The fraction of sp³-hybridized carbons (Fsp3) is 0.111. The first-order valence-corrected chi connectivity index (χ1v) is 12.8. The summed E-state index contributed by atoms with van der Waals surface area (Å²) < 4.78 is 0.282. The molecule has 2 heterocycles. The van der Waals surface area contributed by atoms with Crippen molar-refractivity contribution in [2.75, 3.05) is 6.54 Å². The van der Waals surface area contributed by atoms with E-state index < -0.39 is 11.8 Å². The summed E-state index contributed by atoms with van der Waals surface area (Å²) in [5.74, 6) is -0.837. The number of hydrogen-bond donors (Lipinski definition) is 0. The van der Waals surface area contributed by atoms with Crippen molar-refractivity contribution in [1.82, 2.24) is 9.88 Å². The van der Waals surface area contributed by atoms with Gasteiger partial charge in [0.05, 0.1) is 26.2 Å². The lowest BCUT2D eigenvalue weighted by Gasteiger charge is -2.09. The van der Waals surface area contributed by atoms with Crippen molar-refractivity contribution in [2.45, 2.75) is 13.3 Å². The first kappa shape index (κ1) is 23.7. The van der Waals surface area contributed by atoms with Crippen LogP contribution in [-0.4, -0.2) is 28.2 Å². The number of benzene rings is 3. The van der Waals surface area contributed by atoms with Crippen molar-refractivity contribution in [3.05, 3.63) is 98.5 Å². The molecule has 0 radical (unpaired) electrons. The van der Waals surface area contributed by atoms with E-state index in [-0.39, 0.29) is 33.4 Å². The maximum Gasteiger partial charge on any atom is 0.262 e. The molecule has 0 atom stereocenters. The summed E-state index contributed by atoms with van der Waals surface area (Å²) >= 11 is 4.84. The van der Waals surface area contributed by atoms with E-state index in [9.17, 15) is 14.9 Å². The van der Waals surface area contributed by atoms with Gasteiger partial charge in [0.1, 0.15) is 17.5 Å². The number of amides is 2. The van der Waals surface area contributed by atoms with Gasteiger partial charge in [-0.3, -0.25) is 14.5 Å². The maximum atomic E-state index is 12.8. The normalized spacial score (nSPS) is 12.9. The number of fused-ring (bicyclic) bond motifs is 1. The number of carbonyl (C=O) groups excluding carboxylic acids is 2. The summed E-state index contributed by atoms with van der Waals surface area (Å²) in [6, 6.07) is 23.2. The molecule has 0 aliphatic carbocycles. The number of aromatic nitrogens is 1. The van der Waals surface area contributed by atoms with Gasteiger partial charge in [-0.25, -0.2) is 4.98 Å². The maximum absolute atomic E-state index is 12.8. The van der Waals surface area contributed by atoms with Gasteiger partial charge >= 0.3 is 0 Å². The molecule has 1 aliphatic rings. The van der Waals surface area contributed by atoms with Crippen LogP contribution in [0.25, 0.3) is 11.3 Å². The average molecular weight is 556 g/mol. The van der Waals surface area contributed by atoms with Crippen LogP contribution in [0.4, 0.5) is 10.7 Å². The van der Waals surface area contributed by atoms with E-state index in [1.807, 2.05) is 60.7 Å². The predicted molar refractivity (Wildman–Crippen MR) is 141 cm³/mol. The van der Waals surface area contributed by atoms with Crippen molar-refractivity contribution in [2.24, 2.45) is 10.2 Å². The largest absolute Gasteiger partial charge is 0.275 e. The van der Waals surface area contributed by atoms with Gasteiger partial charge < -0.3 is 0 Å². The van der Waals surface area contributed by atoms with Crippen LogP contribution in [0, 0.1) is 11.3 Å². The number of halogens is 1. The zero-order valence-electron chi connectivity index (χ0n) is 19.1. The lowest BCUT2D eigenvalue weighted by atomic mass is 10.0. The van der Waals surface area contributed by atoms with E-state index in [1.165, 1.54) is 17.4 Å². The Balaban J connectivity index is 1.59. The SMILES string of the molecule is CCN1C(=O)c2cc(C#N)c(N=Nc3sc(Cc4ccccc4)nc3-c3ccccc3)c(Br)c2C1=O. The molecule has 176 valence electrons. The second-order valence-corrected chi connectivity index (χ2v) is 9.82. The Bertz CT molecular complexity index is 1560. The van der Waals surface area contributed by atoms with Crippen LogP contribution in [0.1, 0.15) is 43.8 Å². The molecule has 0 spiro atoms. The third-order valence-corrected chi connectivity index (χ3v) is 7.46. The Morgan fingerprint density at radius 3 is 2.39 bits per heavy atom. The molecule has 1 aliphatic heterocycles. The molecule has 3 aromatic carbocycles. The fourth-order valence-corrected chi connectivity index (χ4v) is 5.63. The number of azo groups is 1. The monoisotopic (exact) mass is 555 g/mol. The predicted octanol–water partition coefficient (Wildman–Crippen LogP) is 7.07. The van der Waals surface area contributed by atoms with Crippen LogP contribution in [0.2, 0.25) is 0 Å². The summed E-state index contributed by atoms with van der Waals surface area (Å²) in [7, 11) is 0. The van der Waals surface area contributed by atoms with E-state index in [4.69, 9.17) is 4.98 Å². The molecule has 5 rings (SSSR count). The van der Waals surface area contributed by atoms with Crippen molar-refractivity contribution >= 4 is 49.8 Å². The van der Waals surface area contributed by atoms with Crippen LogP contribution in [0.15, 0.2) is 81.4 Å². The Hall–Kier alpha value is -4.00. The van der Waals surface area contributed by atoms with Crippen LogP contribution in [0.3, 0.4) is 0 Å². The first-order chi connectivity index (χ1) is 17.5. The van der Waals surface area contributed by atoms with Gasteiger partial charge in [-0.05, 0) is 34.5 Å². The van der Waals surface area contributed by atoms with Crippen LogP contribution < -0.4 is 0 Å². The third-order valence-electron chi connectivity index (χ3n) is 5.75. The second kappa shape index (κ2) is 9.93. The van der Waals surface area contributed by atoms with Crippen molar-refractivity contribution < 1.29 is 9.59 Å². The fourth-order valence-electron chi connectivity index (χ4n) is 4.01. The highest BCUT2D eigenvalue weighted by atomic mass is 79.9. The molecule has 1 aromatic heterocycles. The van der Waals surface area contributed by atoms with Gasteiger partial charge in [-0.15, -0.1) is 10.2 Å².